The van der Waals surface area contributed by atoms with E-state index in [-0.39, 0.29) is 6.04 Å². The molecule has 1 aromatic carbocycles. The van der Waals surface area contributed by atoms with E-state index in [9.17, 15) is 4.79 Å². The molecular formula is C14H16N2O. The number of rotatable bonds is 2. The first-order chi connectivity index (χ1) is 8.26. The van der Waals surface area contributed by atoms with E-state index < -0.39 is 0 Å². The van der Waals surface area contributed by atoms with E-state index in [4.69, 9.17) is 5.26 Å². The topological polar surface area (TPSA) is 44.1 Å². The number of piperidine rings is 1. The summed E-state index contributed by atoms with van der Waals surface area (Å²) in [5, 5.41) is 9.13. The van der Waals surface area contributed by atoms with Crippen molar-refractivity contribution in [1.29, 1.82) is 5.26 Å². The standard InChI is InChI=1S/C14H16N2O/c1-11-5-6-12(9-15)14(8-11)16-7-3-2-4-13(16)10-17/h5-6,8,10,13H,2-4,7H2,1H3. The number of aldehydes is 1. The Labute approximate surface area is 102 Å². The van der Waals surface area contributed by atoms with Gasteiger partial charge in [-0.2, -0.15) is 5.26 Å². The van der Waals surface area contributed by atoms with Gasteiger partial charge in [-0.1, -0.05) is 6.07 Å². The largest absolute Gasteiger partial charge is 0.361 e. The molecule has 0 radical (unpaired) electrons. The summed E-state index contributed by atoms with van der Waals surface area (Å²) in [5.74, 6) is 0. The van der Waals surface area contributed by atoms with Gasteiger partial charge in [-0.15, -0.1) is 0 Å². The molecule has 2 rings (SSSR count). The Kier molecular flexibility index (Phi) is 3.43. The molecule has 0 N–H and O–H groups in total. The maximum Gasteiger partial charge on any atom is 0.142 e. The third-order valence-electron chi connectivity index (χ3n) is 3.29. The van der Waals surface area contributed by atoms with E-state index in [1.807, 2.05) is 25.1 Å². The molecule has 3 heteroatoms. The van der Waals surface area contributed by atoms with E-state index in [2.05, 4.69) is 11.0 Å². The average molecular weight is 228 g/mol. The number of nitriles is 1. The molecule has 1 aliphatic rings. The van der Waals surface area contributed by atoms with Crippen molar-refractivity contribution in [3.05, 3.63) is 29.3 Å². The van der Waals surface area contributed by atoms with Crippen LogP contribution in [-0.2, 0) is 4.79 Å². The number of anilines is 1. The Balaban J connectivity index is 2.40. The van der Waals surface area contributed by atoms with Crippen molar-refractivity contribution in [2.24, 2.45) is 0 Å². The molecule has 0 saturated carbocycles. The molecule has 0 aliphatic carbocycles. The maximum absolute atomic E-state index is 11.1. The fourth-order valence-electron chi connectivity index (χ4n) is 2.37. The summed E-state index contributed by atoms with van der Waals surface area (Å²) in [4.78, 5) is 13.2. The molecule has 17 heavy (non-hydrogen) atoms. The van der Waals surface area contributed by atoms with Crippen molar-refractivity contribution in [1.82, 2.24) is 0 Å². The second kappa shape index (κ2) is 5.01. The van der Waals surface area contributed by atoms with Crippen LogP contribution in [0.4, 0.5) is 5.69 Å². The van der Waals surface area contributed by atoms with Gasteiger partial charge in [0.25, 0.3) is 0 Å². The van der Waals surface area contributed by atoms with Crippen LogP contribution in [0.3, 0.4) is 0 Å². The molecular weight excluding hydrogens is 212 g/mol. The lowest BCUT2D eigenvalue weighted by Crippen LogP contribution is -2.41. The Morgan fingerprint density at radius 3 is 3.00 bits per heavy atom. The molecule has 1 fully saturated rings. The van der Waals surface area contributed by atoms with Crippen molar-refractivity contribution < 1.29 is 4.79 Å². The Morgan fingerprint density at radius 1 is 1.47 bits per heavy atom. The first kappa shape index (κ1) is 11.7. The molecule has 0 bridgehead atoms. The van der Waals surface area contributed by atoms with Crippen molar-refractivity contribution >= 4 is 12.0 Å². The van der Waals surface area contributed by atoms with Crippen LogP contribution in [0.15, 0.2) is 18.2 Å². The van der Waals surface area contributed by atoms with Gasteiger partial charge in [-0.25, -0.2) is 0 Å². The number of hydrogen-bond acceptors (Lipinski definition) is 3. The zero-order chi connectivity index (χ0) is 12.3. The minimum absolute atomic E-state index is 0.0716. The van der Waals surface area contributed by atoms with Crippen molar-refractivity contribution in [3.8, 4) is 6.07 Å². The molecule has 1 unspecified atom stereocenters. The van der Waals surface area contributed by atoms with Gasteiger partial charge in [0, 0.05) is 6.54 Å². The molecule has 1 atom stereocenters. The summed E-state index contributed by atoms with van der Waals surface area (Å²) in [6, 6.07) is 7.90. The molecule has 1 aromatic rings. The predicted octanol–water partition coefficient (Wildman–Crippen LogP) is 2.42. The molecule has 3 nitrogen and oxygen atoms in total. The quantitative estimate of drug-likeness (QED) is 0.730. The monoisotopic (exact) mass is 228 g/mol. The van der Waals surface area contributed by atoms with Gasteiger partial charge in [0.1, 0.15) is 12.4 Å². The number of nitrogens with zero attached hydrogens (tertiary/aromatic N) is 2. The number of carbonyl (C=O) groups is 1. The second-order valence-corrected chi connectivity index (χ2v) is 4.53. The van der Waals surface area contributed by atoms with Crippen LogP contribution in [0.25, 0.3) is 0 Å². The molecule has 88 valence electrons. The smallest absolute Gasteiger partial charge is 0.142 e. The molecule has 0 spiro atoms. The fraction of sp³-hybridized carbons (Fsp3) is 0.429. The van der Waals surface area contributed by atoms with Crippen LogP contribution >= 0.6 is 0 Å². The number of carbonyl (C=O) groups excluding carboxylic acids is 1. The summed E-state index contributed by atoms with van der Waals surface area (Å²) in [5.41, 5.74) is 2.68. The third kappa shape index (κ3) is 2.31. The van der Waals surface area contributed by atoms with E-state index in [1.54, 1.807) is 0 Å². The van der Waals surface area contributed by atoms with Crippen LogP contribution in [0.1, 0.15) is 30.4 Å². The van der Waals surface area contributed by atoms with E-state index >= 15 is 0 Å². The van der Waals surface area contributed by atoms with Crippen LogP contribution in [0.5, 0.6) is 0 Å². The lowest BCUT2D eigenvalue weighted by atomic mass is 10.00. The van der Waals surface area contributed by atoms with E-state index in [1.165, 1.54) is 0 Å². The predicted molar refractivity (Wildman–Crippen MR) is 66.9 cm³/mol. The van der Waals surface area contributed by atoms with Crippen LogP contribution in [0, 0.1) is 18.3 Å². The molecule has 1 aliphatic heterocycles. The summed E-state index contributed by atoms with van der Waals surface area (Å²) >= 11 is 0. The maximum atomic E-state index is 11.1. The van der Waals surface area contributed by atoms with Crippen molar-refractivity contribution in [2.75, 3.05) is 11.4 Å². The van der Waals surface area contributed by atoms with E-state index in [0.29, 0.717) is 5.56 Å². The van der Waals surface area contributed by atoms with Gasteiger partial charge in [-0.3, -0.25) is 0 Å². The first-order valence-corrected chi connectivity index (χ1v) is 5.99. The molecule has 1 heterocycles. The van der Waals surface area contributed by atoms with Crippen LogP contribution in [-0.4, -0.2) is 18.9 Å². The molecule has 1 saturated heterocycles. The number of aryl methyl sites for hydroxylation is 1. The normalized spacial score (nSPS) is 19.8. The lowest BCUT2D eigenvalue weighted by molar-refractivity contribution is -0.109. The third-order valence-corrected chi connectivity index (χ3v) is 3.29. The van der Waals surface area contributed by atoms with Crippen molar-refractivity contribution in [3.63, 3.8) is 0 Å². The zero-order valence-corrected chi connectivity index (χ0v) is 10.0. The minimum atomic E-state index is -0.0716. The minimum Gasteiger partial charge on any atom is -0.361 e. The van der Waals surface area contributed by atoms with Gasteiger partial charge < -0.3 is 9.69 Å². The SMILES string of the molecule is Cc1ccc(C#N)c(N2CCCCC2C=O)c1. The second-order valence-electron chi connectivity index (χ2n) is 4.53. The van der Waals surface area contributed by atoms with Crippen LogP contribution < -0.4 is 4.90 Å². The number of hydrogen-bond donors (Lipinski definition) is 0. The Morgan fingerprint density at radius 2 is 2.29 bits per heavy atom. The summed E-state index contributed by atoms with van der Waals surface area (Å²) < 4.78 is 0. The molecule has 0 amide bonds. The highest BCUT2D eigenvalue weighted by molar-refractivity contribution is 5.70. The fourth-order valence-corrected chi connectivity index (χ4v) is 2.37. The number of benzene rings is 1. The van der Waals surface area contributed by atoms with Gasteiger partial charge in [0.05, 0.1) is 17.3 Å². The first-order valence-electron chi connectivity index (χ1n) is 5.99. The summed E-state index contributed by atoms with van der Waals surface area (Å²) in [6.07, 6.45) is 4.07. The summed E-state index contributed by atoms with van der Waals surface area (Å²) in [7, 11) is 0. The average Bonchev–Trinajstić information content (AvgIpc) is 2.38. The van der Waals surface area contributed by atoms with E-state index in [0.717, 1.165) is 43.3 Å². The highest BCUT2D eigenvalue weighted by Gasteiger charge is 2.23. The zero-order valence-electron chi connectivity index (χ0n) is 10.0. The van der Waals surface area contributed by atoms with Crippen molar-refractivity contribution in [2.45, 2.75) is 32.2 Å². The van der Waals surface area contributed by atoms with Crippen LogP contribution in [0.2, 0.25) is 0 Å². The highest BCUT2D eigenvalue weighted by Crippen LogP contribution is 2.27. The lowest BCUT2D eigenvalue weighted by Gasteiger charge is -2.35. The van der Waals surface area contributed by atoms with Gasteiger partial charge >= 0.3 is 0 Å². The van der Waals surface area contributed by atoms with Gasteiger partial charge in [0.2, 0.25) is 0 Å². The Bertz CT molecular complexity index is 462. The summed E-state index contributed by atoms with van der Waals surface area (Å²) in [6.45, 7) is 2.87. The molecule has 0 aromatic heterocycles. The van der Waals surface area contributed by atoms with Gasteiger partial charge in [0.15, 0.2) is 0 Å². The Hall–Kier alpha value is -1.82. The van der Waals surface area contributed by atoms with Gasteiger partial charge in [-0.05, 0) is 43.9 Å². The highest BCUT2D eigenvalue weighted by atomic mass is 16.1.